The zero-order valence-corrected chi connectivity index (χ0v) is 12.0. The molecule has 1 nitrogen and oxygen atoms in total. The molecule has 2 N–H and O–H groups in total. The van der Waals surface area contributed by atoms with Crippen molar-refractivity contribution in [3.63, 3.8) is 0 Å². The fourth-order valence-electron chi connectivity index (χ4n) is 2.76. The molecule has 0 saturated carbocycles. The van der Waals surface area contributed by atoms with Crippen molar-refractivity contribution >= 4 is 0 Å². The predicted octanol–water partition coefficient (Wildman–Crippen LogP) is 4.60. The van der Waals surface area contributed by atoms with Crippen molar-refractivity contribution in [2.45, 2.75) is 72.6 Å². The van der Waals surface area contributed by atoms with Crippen LogP contribution in [0.1, 0.15) is 72.6 Å². The lowest BCUT2D eigenvalue weighted by Crippen LogP contribution is -2.17. The number of hydrogen-bond acceptors (Lipinski definition) is 1. The summed E-state index contributed by atoms with van der Waals surface area (Å²) in [6.45, 7) is 10.3. The Morgan fingerprint density at radius 2 is 1.62 bits per heavy atom. The van der Waals surface area contributed by atoms with E-state index in [0.29, 0.717) is 0 Å². The average molecular weight is 227 g/mol. The molecule has 0 bridgehead atoms. The van der Waals surface area contributed by atoms with E-state index in [1.54, 1.807) is 0 Å². The lowest BCUT2D eigenvalue weighted by molar-refractivity contribution is 0.243. The fourth-order valence-corrected chi connectivity index (χ4v) is 2.76. The van der Waals surface area contributed by atoms with Gasteiger partial charge in [-0.3, -0.25) is 0 Å². The van der Waals surface area contributed by atoms with Crippen LogP contribution in [-0.4, -0.2) is 6.54 Å². The summed E-state index contributed by atoms with van der Waals surface area (Å²) < 4.78 is 0. The first-order chi connectivity index (χ1) is 7.69. The van der Waals surface area contributed by atoms with Gasteiger partial charge in [-0.1, -0.05) is 53.4 Å². The molecule has 0 rings (SSSR count). The Labute approximate surface area is 103 Å². The smallest absolute Gasteiger partial charge is 0.00772 e. The number of hydrogen-bond donors (Lipinski definition) is 1. The van der Waals surface area contributed by atoms with E-state index in [9.17, 15) is 0 Å². The highest BCUT2D eigenvalue weighted by Gasteiger charge is 2.19. The summed E-state index contributed by atoms with van der Waals surface area (Å²) in [5, 5.41) is 0. The van der Waals surface area contributed by atoms with Crippen molar-refractivity contribution < 1.29 is 0 Å². The predicted molar refractivity (Wildman–Crippen MR) is 74.5 cm³/mol. The molecule has 0 radical (unpaired) electrons. The first kappa shape index (κ1) is 16.0. The van der Waals surface area contributed by atoms with Crippen molar-refractivity contribution in [1.82, 2.24) is 0 Å². The first-order valence-electron chi connectivity index (χ1n) is 7.39. The molecule has 0 aromatic rings. The minimum absolute atomic E-state index is 0.859. The van der Waals surface area contributed by atoms with Gasteiger partial charge in [0.05, 0.1) is 0 Å². The van der Waals surface area contributed by atoms with Crippen molar-refractivity contribution in [1.29, 1.82) is 0 Å². The van der Waals surface area contributed by atoms with E-state index < -0.39 is 0 Å². The molecule has 0 saturated heterocycles. The molecular formula is C15H33N. The highest BCUT2D eigenvalue weighted by molar-refractivity contribution is 4.70. The minimum Gasteiger partial charge on any atom is -0.330 e. The van der Waals surface area contributed by atoms with Crippen LogP contribution in [0.25, 0.3) is 0 Å². The lowest BCUT2D eigenvalue weighted by Gasteiger charge is -2.27. The van der Waals surface area contributed by atoms with Gasteiger partial charge in [-0.25, -0.2) is 0 Å². The zero-order valence-electron chi connectivity index (χ0n) is 12.0. The van der Waals surface area contributed by atoms with Gasteiger partial charge in [0.25, 0.3) is 0 Å². The van der Waals surface area contributed by atoms with Crippen LogP contribution in [0.4, 0.5) is 0 Å². The van der Waals surface area contributed by atoms with E-state index >= 15 is 0 Å². The van der Waals surface area contributed by atoms with Gasteiger partial charge >= 0.3 is 0 Å². The van der Waals surface area contributed by atoms with E-state index in [-0.39, 0.29) is 0 Å². The molecular weight excluding hydrogens is 194 g/mol. The molecule has 0 heterocycles. The minimum atomic E-state index is 0.859. The first-order valence-corrected chi connectivity index (χ1v) is 7.39. The van der Waals surface area contributed by atoms with Crippen LogP contribution in [0, 0.1) is 17.8 Å². The Hall–Kier alpha value is -0.0400. The Balaban J connectivity index is 4.16. The molecule has 0 aliphatic heterocycles. The van der Waals surface area contributed by atoms with Gasteiger partial charge in [0.2, 0.25) is 0 Å². The summed E-state index contributed by atoms with van der Waals surface area (Å²) in [6, 6.07) is 0. The van der Waals surface area contributed by atoms with Crippen LogP contribution in [0.3, 0.4) is 0 Å². The molecule has 0 aliphatic rings. The van der Waals surface area contributed by atoms with E-state index in [1.165, 1.54) is 44.9 Å². The number of nitrogens with two attached hydrogens (primary N) is 1. The Bertz CT molecular complexity index is 140. The van der Waals surface area contributed by atoms with Crippen LogP contribution < -0.4 is 5.73 Å². The van der Waals surface area contributed by atoms with Gasteiger partial charge in [0.15, 0.2) is 0 Å². The van der Waals surface area contributed by atoms with E-state index in [0.717, 1.165) is 24.3 Å². The summed E-state index contributed by atoms with van der Waals surface area (Å²) in [4.78, 5) is 0. The Morgan fingerprint density at radius 3 is 2.06 bits per heavy atom. The van der Waals surface area contributed by atoms with Crippen LogP contribution in [-0.2, 0) is 0 Å². The summed E-state index contributed by atoms with van der Waals surface area (Å²) in [5.41, 5.74) is 5.65. The van der Waals surface area contributed by atoms with Gasteiger partial charge in [-0.15, -0.1) is 0 Å². The third kappa shape index (κ3) is 6.52. The normalized spacial score (nSPS) is 15.4. The molecule has 0 spiro atoms. The van der Waals surface area contributed by atoms with Gasteiger partial charge in [-0.2, -0.15) is 0 Å². The van der Waals surface area contributed by atoms with E-state index in [1.807, 2.05) is 0 Å². The van der Waals surface area contributed by atoms with Gasteiger partial charge < -0.3 is 5.73 Å². The van der Waals surface area contributed by atoms with Crippen LogP contribution in [0.2, 0.25) is 0 Å². The maximum absolute atomic E-state index is 5.65. The van der Waals surface area contributed by atoms with E-state index in [4.69, 9.17) is 5.73 Å². The summed E-state index contributed by atoms with van der Waals surface area (Å²) in [6.07, 6.45) is 9.36. The molecule has 0 fully saturated rings. The van der Waals surface area contributed by atoms with E-state index in [2.05, 4.69) is 27.7 Å². The second-order valence-electron chi connectivity index (χ2n) is 5.38. The highest BCUT2D eigenvalue weighted by atomic mass is 14.5. The summed E-state index contributed by atoms with van der Waals surface area (Å²) in [7, 11) is 0. The third-order valence-corrected chi connectivity index (χ3v) is 4.12. The number of rotatable bonds is 10. The van der Waals surface area contributed by atoms with Crippen molar-refractivity contribution in [3.8, 4) is 0 Å². The maximum Gasteiger partial charge on any atom is -0.00772 e. The van der Waals surface area contributed by atoms with Crippen molar-refractivity contribution in [2.24, 2.45) is 23.5 Å². The molecule has 16 heavy (non-hydrogen) atoms. The SMILES string of the molecule is CCCC(C)C(CCCN)CC(CC)CC. The largest absolute Gasteiger partial charge is 0.330 e. The van der Waals surface area contributed by atoms with Crippen molar-refractivity contribution in [2.75, 3.05) is 6.54 Å². The molecule has 0 aliphatic carbocycles. The molecule has 2 unspecified atom stereocenters. The standard InChI is InChI=1S/C15H33N/c1-5-9-13(4)15(10-8-11-16)12-14(6-2)7-3/h13-15H,5-12,16H2,1-4H3. The van der Waals surface area contributed by atoms with Gasteiger partial charge in [0, 0.05) is 0 Å². The Morgan fingerprint density at radius 1 is 1.00 bits per heavy atom. The zero-order chi connectivity index (χ0) is 12.4. The topological polar surface area (TPSA) is 26.0 Å². The summed E-state index contributed by atoms with van der Waals surface area (Å²) in [5.74, 6) is 2.73. The average Bonchev–Trinajstić information content (AvgIpc) is 2.30. The third-order valence-electron chi connectivity index (χ3n) is 4.12. The molecule has 0 aromatic carbocycles. The highest BCUT2D eigenvalue weighted by Crippen LogP contribution is 2.30. The second-order valence-corrected chi connectivity index (χ2v) is 5.38. The Kier molecular flexibility index (Phi) is 10.1. The monoisotopic (exact) mass is 227 g/mol. The van der Waals surface area contributed by atoms with Crippen LogP contribution >= 0.6 is 0 Å². The summed E-state index contributed by atoms with van der Waals surface area (Å²) >= 11 is 0. The molecule has 0 amide bonds. The van der Waals surface area contributed by atoms with Crippen molar-refractivity contribution in [3.05, 3.63) is 0 Å². The molecule has 0 aromatic heterocycles. The quantitative estimate of drug-likeness (QED) is 0.580. The second kappa shape index (κ2) is 10.1. The van der Waals surface area contributed by atoms with Crippen LogP contribution in [0.15, 0.2) is 0 Å². The molecule has 1 heteroatoms. The fraction of sp³-hybridized carbons (Fsp3) is 1.00. The van der Waals surface area contributed by atoms with Gasteiger partial charge in [-0.05, 0) is 43.6 Å². The van der Waals surface area contributed by atoms with Gasteiger partial charge in [0.1, 0.15) is 0 Å². The van der Waals surface area contributed by atoms with Crippen LogP contribution in [0.5, 0.6) is 0 Å². The molecule has 2 atom stereocenters. The maximum atomic E-state index is 5.65. The lowest BCUT2D eigenvalue weighted by atomic mass is 9.79. The molecule has 98 valence electrons.